The van der Waals surface area contributed by atoms with Crippen LogP contribution in [0.4, 0.5) is 5.69 Å². The summed E-state index contributed by atoms with van der Waals surface area (Å²) < 4.78 is 16.0. The van der Waals surface area contributed by atoms with Crippen molar-refractivity contribution in [2.45, 2.75) is 6.61 Å². The molecule has 0 atom stereocenters. The average Bonchev–Trinajstić information content (AvgIpc) is 2.73. The second-order valence-corrected chi connectivity index (χ2v) is 5.48. The van der Waals surface area contributed by atoms with E-state index in [1.807, 2.05) is 0 Å². The second-order valence-electron chi connectivity index (χ2n) is 5.48. The van der Waals surface area contributed by atoms with E-state index in [1.54, 1.807) is 24.4 Å². The minimum absolute atomic E-state index is 0.0616. The van der Waals surface area contributed by atoms with Gasteiger partial charge >= 0.3 is 5.97 Å². The molecule has 0 spiro atoms. The quantitative estimate of drug-likeness (QED) is 0.347. The fourth-order valence-electron chi connectivity index (χ4n) is 2.36. The van der Waals surface area contributed by atoms with Gasteiger partial charge in [-0.3, -0.25) is 15.1 Å². The first-order chi connectivity index (χ1) is 13.6. The highest BCUT2D eigenvalue weighted by Crippen LogP contribution is 2.26. The summed E-state index contributed by atoms with van der Waals surface area (Å²) in [5.41, 5.74) is 0.341. The number of non-ortho nitro benzene ring substituents is 1. The highest BCUT2D eigenvalue weighted by atomic mass is 16.6. The number of nitro groups is 1. The lowest BCUT2D eigenvalue weighted by molar-refractivity contribution is -0.385. The summed E-state index contributed by atoms with van der Waals surface area (Å²) in [5, 5.41) is 11.0. The van der Waals surface area contributed by atoms with Crippen molar-refractivity contribution in [3.05, 3.63) is 82.3 Å². The summed E-state index contributed by atoms with van der Waals surface area (Å²) >= 11 is 0. The van der Waals surface area contributed by atoms with Crippen molar-refractivity contribution in [1.82, 2.24) is 9.97 Å². The van der Waals surface area contributed by atoms with Crippen molar-refractivity contribution in [3.63, 3.8) is 0 Å². The Morgan fingerprint density at radius 3 is 2.71 bits per heavy atom. The predicted octanol–water partition coefficient (Wildman–Crippen LogP) is 3.54. The zero-order chi connectivity index (χ0) is 19.9. The highest BCUT2D eigenvalue weighted by Gasteiger charge is 2.18. The first-order valence-corrected chi connectivity index (χ1v) is 8.10. The van der Waals surface area contributed by atoms with Gasteiger partial charge in [-0.05, 0) is 30.3 Å². The Bertz CT molecular complexity index is 994. The lowest BCUT2D eigenvalue weighted by atomic mass is 10.2. The normalized spacial score (nSPS) is 10.2. The van der Waals surface area contributed by atoms with Gasteiger partial charge < -0.3 is 14.2 Å². The fourth-order valence-corrected chi connectivity index (χ4v) is 2.36. The van der Waals surface area contributed by atoms with Gasteiger partial charge in [-0.2, -0.15) is 0 Å². The van der Waals surface area contributed by atoms with Gasteiger partial charge in [-0.15, -0.1) is 0 Å². The number of aromatic nitrogens is 2. The molecule has 142 valence electrons. The number of methoxy groups -OCH3 is 1. The smallest absolute Gasteiger partial charge is 0.344 e. The van der Waals surface area contributed by atoms with Gasteiger partial charge in [0.2, 0.25) is 5.88 Å². The molecule has 1 aromatic carbocycles. The Hall–Kier alpha value is -4.01. The van der Waals surface area contributed by atoms with E-state index in [1.165, 1.54) is 43.8 Å². The SMILES string of the molecule is COc1ccc([N+](=O)[O-])cc1COC(=O)c1cccnc1Oc1cccnc1. The van der Waals surface area contributed by atoms with Gasteiger partial charge in [0.25, 0.3) is 5.69 Å². The number of nitrogens with zero attached hydrogens (tertiary/aromatic N) is 3. The number of hydrogen-bond acceptors (Lipinski definition) is 8. The third-order valence-corrected chi connectivity index (χ3v) is 3.67. The van der Waals surface area contributed by atoms with Crippen molar-refractivity contribution in [2.24, 2.45) is 0 Å². The van der Waals surface area contributed by atoms with E-state index >= 15 is 0 Å². The van der Waals surface area contributed by atoms with Crippen LogP contribution in [0.3, 0.4) is 0 Å². The molecule has 28 heavy (non-hydrogen) atoms. The summed E-state index contributed by atoms with van der Waals surface area (Å²) in [6.45, 7) is -0.217. The number of hydrogen-bond donors (Lipinski definition) is 0. The number of esters is 1. The molecule has 0 fully saturated rings. The maximum atomic E-state index is 12.5. The van der Waals surface area contributed by atoms with Crippen molar-refractivity contribution in [3.8, 4) is 17.4 Å². The molecule has 0 aliphatic heterocycles. The monoisotopic (exact) mass is 381 g/mol. The lowest BCUT2D eigenvalue weighted by Crippen LogP contribution is -2.08. The van der Waals surface area contributed by atoms with Gasteiger partial charge in [0.15, 0.2) is 0 Å². The van der Waals surface area contributed by atoms with Crippen LogP contribution in [0.25, 0.3) is 0 Å². The molecule has 0 aliphatic rings. The Kier molecular flexibility index (Phi) is 5.75. The molecule has 0 unspecified atom stereocenters. The maximum Gasteiger partial charge on any atom is 0.344 e. The molecule has 3 aromatic rings. The van der Waals surface area contributed by atoms with Crippen LogP contribution in [0.1, 0.15) is 15.9 Å². The van der Waals surface area contributed by atoms with Crippen LogP contribution in [0.2, 0.25) is 0 Å². The van der Waals surface area contributed by atoms with Gasteiger partial charge in [0.05, 0.1) is 18.2 Å². The second kappa shape index (κ2) is 8.58. The molecular weight excluding hydrogens is 366 g/mol. The molecule has 3 rings (SSSR count). The zero-order valence-corrected chi connectivity index (χ0v) is 14.8. The molecule has 0 aliphatic carbocycles. The average molecular weight is 381 g/mol. The number of nitro benzene ring substituents is 1. The van der Waals surface area contributed by atoms with E-state index in [9.17, 15) is 14.9 Å². The number of carbonyl (C=O) groups is 1. The predicted molar refractivity (Wildman–Crippen MR) is 97.3 cm³/mol. The Balaban J connectivity index is 1.77. The Labute approximate surface area is 159 Å². The van der Waals surface area contributed by atoms with Crippen molar-refractivity contribution in [2.75, 3.05) is 7.11 Å². The lowest BCUT2D eigenvalue weighted by Gasteiger charge is -2.11. The molecule has 0 amide bonds. The van der Waals surface area contributed by atoms with E-state index in [2.05, 4.69) is 9.97 Å². The van der Waals surface area contributed by atoms with E-state index in [0.717, 1.165) is 0 Å². The molecule has 2 aromatic heterocycles. The van der Waals surface area contributed by atoms with Gasteiger partial charge in [-0.1, -0.05) is 0 Å². The van der Waals surface area contributed by atoms with Crippen molar-refractivity contribution in [1.29, 1.82) is 0 Å². The first kappa shape index (κ1) is 18.8. The maximum absolute atomic E-state index is 12.5. The molecule has 0 saturated carbocycles. The zero-order valence-electron chi connectivity index (χ0n) is 14.8. The number of ether oxygens (including phenoxy) is 3. The van der Waals surface area contributed by atoms with Crippen LogP contribution in [-0.2, 0) is 11.3 Å². The van der Waals surface area contributed by atoms with E-state index < -0.39 is 10.9 Å². The van der Waals surface area contributed by atoms with Gasteiger partial charge in [0.1, 0.15) is 23.7 Å². The number of pyridine rings is 2. The molecule has 0 saturated heterocycles. The third-order valence-electron chi connectivity index (χ3n) is 3.67. The van der Waals surface area contributed by atoms with Gasteiger partial charge in [0, 0.05) is 30.1 Å². The van der Waals surface area contributed by atoms with Crippen LogP contribution in [-0.4, -0.2) is 28.0 Å². The standard InChI is InChI=1S/C19H15N3O6/c1-26-17-7-6-14(22(24)25)10-13(17)12-27-19(23)16-5-3-9-21-18(16)28-15-4-2-8-20-11-15/h2-11H,12H2,1H3. The molecule has 9 nitrogen and oxygen atoms in total. The largest absolute Gasteiger partial charge is 0.496 e. The first-order valence-electron chi connectivity index (χ1n) is 8.10. The van der Waals surface area contributed by atoms with E-state index in [-0.39, 0.29) is 23.7 Å². The van der Waals surface area contributed by atoms with E-state index in [0.29, 0.717) is 17.1 Å². The minimum Gasteiger partial charge on any atom is -0.496 e. The Morgan fingerprint density at radius 1 is 1.18 bits per heavy atom. The fraction of sp³-hybridized carbons (Fsp3) is 0.105. The van der Waals surface area contributed by atoms with Crippen LogP contribution in [0.5, 0.6) is 17.4 Å². The van der Waals surface area contributed by atoms with Crippen molar-refractivity contribution < 1.29 is 23.9 Å². The van der Waals surface area contributed by atoms with Crippen LogP contribution in [0.15, 0.2) is 61.1 Å². The molecule has 0 bridgehead atoms. The van der Waals surface area contributed by atoms with Gasteiger partial charge in [-0.25, -0.2) is 9.78 Å². The van der Waals surface area contributed by atoms with Crippen LogP contribution in [0, 0.1) is 10.1 Å². The highest BCUT2D eigenvalue weighted by molar-refractivity contribution is 5.91. The molecule has 0 N–H and O–H groups in total. The topological polar surface area (TPSA) is 114 Å². The Morgan fingerprint density at radius 2 is 2.00 bits per heavy atom. The summed E-state index contributed by atoms with van der Waals surface area (Å²) in [6, 6.07) is 10.5. The molecular formula is C19H15N3O6. The number of rotatable bonds is 7. The summed E-state index contributed by atoms with van der Waals surface area (Å²) in [6.07, 6.45) is 4.55. The summed E-state index contributed by atoms with van der Waals surface area (Å²) in [7, 11) is 1.42. The summed E-state index contributed by atoms with van der Waals surface area (Å²) in [4.78, 5) is 30.9. The molecule has 2 heterocycles. The third kappa shape index (κ3) is 4.39. The molecule has 0 radical (unpaired) electrons. The molecule has 9 heteroatoms. The van der Waals surface area contributed by atoms with Crippen LogP contribution >= 0.6 is 0 Å². The summed E-state index contributed by atoms with van der Waals surface area (Å²) in [5.74, 6) is 0.152. The van der Waals surface area contributed by atoms with E-state index in [4.69, 9.17) is 14.2 Å². The number of carbonyl (C=O) groups excluding carboxylic acids is 1. The number of benzene rings is 1. The minimum atomic E-state index is -0.694. The van der Waals surface area contributed by atoms with Crippen LogP contribution < -0.4 is 9.47 Å². The van der Waals surface area contributed by atoms with Crippen molar-refractivity contribution >= 4 is 11.7 Å².